The number of hydrogen-bond acceptors (Lipinski definition) is 12. The minimum atomic E-state index is -1.67. The quantitative estimate of drug-likeness (QED) is 0.118. The van der Waals surface area contributed by atoms with Crippen LogP contribution in [0, 0.1) is 27.8 Å². The first-order valence-electron chi connectivity index (χ1n) is 17.3. The number of esters is 2. The number of rotatable bonds is 6. The highest BCUT2D eigenvalue weighted by molar-refractivity contribution is 14.1. The highest BCUT2D eigenvalue weighted by atomic mass is 127. The Hall–Kier alpha value is -5.17. The molecule has 0 spiro atoms. The monoisotopic (exact) mass is 926 g/mol. The molecule has 0 bridgehead atoms. The highest BCUT2D eigenvalue weighted by Crippen LogP contribution is 2.24. The molecule has 2 amide bonds. The predicted molar refractivity (Wildman–Crippen MR) is 220 cm³/mol. The van der Waals surface area contributed by atoms with Crippen LogP contribution in [0.4, 0.5) is 0 Å². The predicted octanol–water partition coefficient (Wildman–Crippen LogP) is 4.71. The molecule has 296 valence electrons. The molecule has 4 heterocycles. The molecular weight excluding hydrogens is 890 g/mol. The Morgan fingerprint density at radius 1 is 0.789 bits per heavy atom. The summed E-state index contributed by atoms with van der Waals surface area (Å²) in [7, 11) is 3.25. The molecule has 2 fully saturated rings. The van der Waals surface area contributed by atoms with Crippen LogP contribution in [0.15, 0.2) is 60.7 Å². The fourth-order valence-electron chi connectivity index (χ4n) is 5.21. The lowest BCUT2D eigenvalue weighted by atomic mass is 10.0. The molecule has 2 saturated heterocycles. The summed E-state index contributed by atoms with van der Waals surface area (Å²) in [5, 5.41) is 20.0. The van der Waals surface area contributed by atoms with Crippen molar-refractivity contribution >= 4 is 69.5 Å². The number of benzene rings is 2. The standard InChI is InChI=1S/C20H18ClN3O4.C13H10ClIN2O2.C7H9NO2/c1-3-28-18(25)15-12-16(21)23-17(22-15)14-6-4-5-13(11-14)7-8-20(27)9-10-24(2)19(20)26;1-2-19-13(18)10-7-11(14)17-12(16-10)8-4-3-5-9(15)6-8;1-3-7(10)4-5-8(2)6(7)9/h4-6,11-12,27H,3,9-10H2,1-2H3;3-7H,2H2,1H3;1,10H,4-5H2,2H3/t20-;;7-/m0.0/s1. The third kappa shape index (κ3) is 11.7. The van der Waals surface area contributed by atoms with E-state index < -0.39 is 29.0 Å². The summed E-state index contributed by atoms with van der Waals surface area (Å²) >= 11 is 14.1. The van der Waals surface area contributed by atoms with Crippen LogP contribution in [0.1, 0.15) is 53.2 Å². The van der Waals surface area contributed by atoms with Crippen molar-refractivity contribution < 1.29 is 38.9 Å². The van der Waals surface area contributed by atoms with E-state index in [-0.39, 0.29) is 46.5 Å². The second kappa shape index (κ2) is 19.8. The van der Waals surface area contributed by atoms with Crippen molar-refractivity contribution in [3.63, 3.8) is 0 Å². The zero-order valence-electron chi connectivity index (χ0n) is 31.3. The van der Waals surface area contributed by atoms with E-state index in [4.69, 9.17) is 39.1 Å². The van der Waals surface area contributed by atoms with Gasteiger partial charge in [0.2, 0.25) is 11.2 Å². The van der Waals surface area contributed by atoms with Crippen molar-refractivity contribution in [2.24, 2.45) is 0 Å². The third-order valence-electron chi connectivity index (χ3n) is 8.23. The summed E-state index contributed by atoms with van der Waals surface area (Å²) in [6.45, 7) is 4.94. The van der Waals surface area contributed by atoms with Gasteiger partial charge in [-0.15, -0.1) is 6.42 Å². The fraction of sp³-hybridized carbons (Fsp3) is 0.300. The third-order valence-corrected chi connectivity index (χ3v) is 9.29. The average Bonchev–Trinajstić information content (AvgIpc) is 3.61. The van der Waals surface area contributed by atoms with E-state index in [1.54, 1.807) is 52.2 Å². The summed E-state index contributed by atoms with van der Waals surface area (Å²) < 4.78 is 10.9. The molecule has 6 rings (SSSR count). The number of terminal acetylenes is 1. The van der Waals surface area contributed by atoms with E-state index in [1.165, 1.54) is 21.9 Å². The Labute approximate surface area is 353 Å². The van der Waals surface area contributed by atoms with Gasteiger partial charge in [0.1, 0.15) is 10.3 Å². The number of amides is 2. The van der Waals surface area contributed by atoms with Gasteiger partial charge in [0.15, 0.2) is 23.0 Å². The zero-order chi connectivity index (χ0) is 41.9. The maximum atomic E-state index is 12.0. The smallest absolute Gasteiger partial charge is 0.357 e. The van der Waals surface area contributed by atoms with Gasteiger partial charge < -0.3 is 29.5 Å². The lowest BCUT2D eigenvalue weighted by molar-refractivity contribution is -0.138. The van der Waals surface area contributed by atoms with Gasteiger partial charge in [0.25, 0.3) is 11.8 Å². The van der Waals surface area contributed by atoms with E-state index in [1.807, 2.05) is 24.3 Å². The van der Waals surface area contributed by atoms with E-state index in [0.717, 1.165) is 9.13 Å². The molecule has 57 heavy (non-hydrogen) atoms. The topological polar surface area (TPSA) is 185 Å². The van der Waals surface area contributed by atoms with E-state index >= 15 is 0 Å². The Kier molecular flexibility index (Phi) is 15.5. The van der Waals surface area contributed by atoms with Crippen LogP contribution in [0.2, 0.25) is 10.3 Å². The zero-order valence-corrected chi connectivity index (χ0v) is 34.9. The van der Waals surface area contributed by atoms with Gasteiger partial charge in [-0.25, -0.2) is 29.5 Å². The molecule has 2 aromatic heterocycles. The number of carbonyl (C=O) groups is 4. The summed E-state index contributed by atoms with van der Waals surface area (Å²) in [6, 6.07) is 17.3. The van der Waals surface area contributed by atoms with Gasteiger partial charge in [-0.2, -0.15) is 0 Å². The SMILES string of the molecule is C#C[C@]1(O)CCN(C)C1=O.CCOC(=O)c1cc(Cl)nc(-c2cccc(C#C[C@]3(O)CCN(C)C3=O)c2)n1.CCOC(=O)c1cc(Cl)nc(-c2cccc(I)c2)n1. The van der Waals surface area contributed by atoms with E-state index in [0.29, 0.717) is 43.1 Å². The van der Waals surface area contributed by atoms with Crippen LogP contribution in [0.5, 0.6) is 0 Å². The highest BCUT2D eigenvalue weighted by Gasteiger charge is 2.43. The number of likely N-dealkylation sites (tertiary alicyclic amines) is 2. The van der Waals surface area contributed by atoms with E-state index in [9.17, 15) is 29.4 Å². The van der Waals surface area contributed by atoms with E-state index in [2.05, 4.69) is 60.3 Å². The van der Waals surface area contributed by atoms with Crippen molar-refractivity contribution in [2.75, 3.05) is 40.4 Å². The maximum Gasteiger partial charge on any atom is 0.357 e. The second-order valence-corrected chi connectivity index (χ2v) is 14.4. The van der Waals surface area contributed by atoms with Gasteiger partial charge in [-0.1, -0.05) is 65.2 Å². The molecule has 0 radical (unpaired) electrons. The Bertz CT molecular complexity index is 2280. The summed E-state index contributed by atoms with van der Waals surface area (Å²) in [6.07, 6.45) is 5.58. The molecule has 2 aliphatic rings. The van der Waals surface area contributed by atoms with Crippen molar-refractivity contribution in [1.82, 2.24) is 29.7 Å². The Morgan fingerprint density at radius 2 is 1.26 bits per heavy atom. The maximum absolute atomic E-state index is 12.0. The Morgan fingerprint density at radius 3 is 1.68 bits per heavy atom. The molecule has 4 aromatic rings. The van der Waals surface area contributed by atoms with Crippen molar-refractivity contribution in [3.05, 3.63) is 91.5 Å². The van der Waals surface area contributed by atoms with Gasteiger partial charge in [-0.05, 0) is 60.7 Å². The van der Waals surface area contributed by atoms with Gasteiger partial charge in [0, 0.05) is 72.4 Å². The first-order chi connectivity index (χ1) is 27.0. The normalized spacial score (nSPS) is 18.2. The van der Waals surface area contributed by atoms with Crippen molar-refractivity contribution in [1.29, 1.82) is 0 Å². The molecule has 2 N–H and O–H groups in total. The first kappa shape index (κ1) is 44.5. The largest absolute Gasteiger partial charge is 0.461 e. The average molecular weight is 928 g/mol. The molecule has 0 aliphatic carbocycles. The second-order valence-electron chi connectivity index (χ2n) is 12.4. The Balaban J connectivity index is 0.000000213. The van der Waals surface area contributed by atoms with Crippen LogP contribution in [0.3, 0.4) is 0 Å². The number of halogens is 3. The number of nitrogens with zero attached hydrogens (tertiary/aromatic N) is 6. The fourth-order valence-corrected chi connectivity index (χ4v) is 6.12. The number of carbonyl (C=O) groups excluding carboxylic acids is 4. The minimum absolute atomic E-state index is 0.0576. The number of likely N-dealkylation sites (N-methyl/N-ethyl adjacent to an activating group) is 2. The van der Waals surface area contributed by atoms with Crippen LogP contribution in [-0.4, -0.2) is 115 Å². The molecule has 17 heteroatoms. The summed E-state index contributed by atoms with van der Waals surface area (Å²) in [5.74, 6) is 6.37. The van der Waals surface area contributed by atoms with Gasteiger partial charge in [-0.3, -0.25) is 9.59 Å². The van der Waals surface area contributed by atoms with Crippen LogP contribution >= 0.6 is 45.8 Å². The summed E-state index contributed by atoms with van der Waals surface area (Å²) in [5.41, 5.74) is -1.02. The number of ether oxygens (including phenoxy) is 2. The van der Waals surface area contributed by atoms with Crippen LogP contribution in [-0.2, 0) is 19.1 Å². The lowest BCUT2D eigenvalue weighted by Crippen LogP contribution is -2.37. The first-order valence-corrected chi connectivity index (χ1v) is 19.1. The summed E-state index contributed by atoms with van der Waals surface area (Å²) in [4.78, 5) is 66.2. The molecule has 2 aromatic carbocycles. The minimum Gasteiger partial charge on any atom is -0.461 e. The molecule has 0 saturated carbocycles. The van der Waals surface area contributed by atoms with Crippen molar-refractivity contribution in [3.8, 4) is 47.0 Å². The molecular formula is C40H37Cl2IN6O8. The van der Waals surface area contributed by atoms with Crippen molar-refractivity contribution in [2.45, 2.75) is 37.9 Å². The number of aromatic nitrogens is 4. The van der Waals surface area contributed by atoms with Gasteiger partial charge in [0.05, 0.1) is 13.2 Å². The lowest BCUT2D eigenvalue weighted by Gasteiger charge is -2.13. The molecule has 0 unspecified atom stereocenters. The van der Waals surface area contributed by atoms with Crippen LogP contribution in [0.25, 0.3) is 22.8 Å². The van der Waals surface area contributed by atoms with Gasteiger partial charge >= 0.3 is 11.9 Å². The molecule has 14 nitrogen and oxygen atoms in total. The number of hydrogen-bond donors (Lipinski definition) is 2. The number of aliphatic hydroxyl groups is 2. The van der Waals surface area contributed by atoms with Crippen LogP contribution < -0.4 is 0 Å². The molecule has 2 aliphatic heterocycles. The molecule has 2 atom stereocenters.